The van der Waals surface area contributed by atoms with Gasteiger partial charge in [0.25, 0.3) is 5.91 Å². The molecule has 1 fully saturated rings. The molecule has 1 amide bonds. The van der Waals surface area contributed by atoms with E-state index in [0.29, 0.717) is 6.54 Å². The lowest BCUT2D eigenvalue weighted by atomic mass is 10.0. The normalized spacial score (nSPS) is 17.9. The van der Waals surface area contributed by atoms with Crippen molar-refractivity contribution in [2.45, 2.75) is 18.9 Å². The van der Waals surface area contributed by atoms with Gasteiger partial charge in [-0.3, -0.25) is 4.79 Å². The summed E-state index contributed by atoms with van der Waals surface area (Å²) < 4.78 is 10.9. The van der Waals surface area contributed by atoms with E-state index in [1.165, 1.54) is 4.90 Å². The van der Waals surface area contributed by atoms with Crippen LogP contribution in [0, 0.1) is 0 Å². The summed E-state index contributed by atoms with van der Waals surface area (Å²) in [5, 5.41) is 3.14. The molecule has 160 valence electrons. The number of carbonyl (C=O) groups is 1. The lowest BCUT2D eigenvalue weighted by Crippen LogP contribution is -3.11. The molecule has 2 atom stereocenters. The molecule has 4 rings (SSSR count). The standard InChI is InChI=1S/C26H28N2O3/c1-30-20-14-15-22(25(17-20)31-2)24-13-8-16-28(24)18-26(29)27-23-12-7-6-11-21(23)19-9-4-3-5-10-19/h3-7,9-12,14-15,17,24H,8,13,16,18H2,1-2H3,(H,27,29)/p+1/t24-/m0/s1. The Balaban J connectivity index is 1.50. The van der Waals surface area contributed by atoms with Crippen molar-refractivity contribution in [3.8, 4) is 22.6 Å². The molecular weight excluding hydrogens is 388 g/mol. The Hall–Kier alpha value is -3.31. The van der Waals surface area contributed by atoms with E-state index < -0.39 is 0 Å². The number of methoxy groups -OCH3 is 2. The number of nitrogens with one attached hydrogen (secondary N) is 2. The maximum atomic E-state index is 13.0. The van der Waals surface area contributed by atoms with Gasteiger partial charge >= 0.3 is 0 Å². The van der Waals surface area contributed by atoms with Crippen LogP contribution in [0.3, 0.4) is 0 Å². The minimum atomic E-state index is 0.0257. The molecule has 1 aliphatic heterocycles. The average Bonchev–Trinajstić information content (AvgIpc) is 3.27. The summed E-state index contributed by atoms with van der Waals surface area (Å²) in [5.74, 6) is 1.62. The second-order valence-corrected chi connectivity index (χ2v) is 7.85. The third-order valence-electron chi connectivity index (χ3n) is 5.97. The van der Waals surface area contributed by atoms with Gasteiger partial charge in [-0.25, -0.2) is 0 Å². The molecule has 0 aliphatic carbocycles. The number of hydrogen-bond acceptors (Lipinski definition) is 3. The van der Waals surface area contributed by atoms with Crippen molar-refractivity contribution in [1.29, 1.82) is 0 Å². The van der Waals surface area contributed by atoms with E-state index in [1.54, 1.807) is 14.2 Å². The van der Waals surface area contributed by atoms with E-state index in [4.69, 9.17) is 9.47 Å². The number of carbonyl (C=O) groups excluding carboxylic acids is 1. The highest BCUT2D eigenvalue weighted by molar-refractivity contribution is 5.96. The summed E-state index contributed by atoms with van der Waals surface area (Å²) >= 11 is 0. The lowest BCUT2D eigenvalue weighted by Gasteiger charge is -2.23. The van der Waals surface area contributed by atoms with Crippen LogP contribution >= 0.6 is 0 Å². The Kier molecular flexibility index (Phi) is 6.53. The van der Waals surface area contributed by atoms with Crippen molar-refractivity contribution in [1.82, 2.24) is 0 Å². The second-order valence-electron chi connectivity index (χ2n) is 7.85. The average molecular weight is 418 g/mol. The van der Waals surface area contributed by atoms with Crippen LogP contribution in [-0.2, 0) is 4.79 Å². The van der Waals surface area contributed by atoms with Crippen LogP contribution in [0.25, 0.3) is 11.1 Å². The molecule has 2 N–H and O–H groups in total. The van der Waals surface area contributed by atoms with E-state index in [2.05, 4.69) is 23.5 Å². The zero-order chi connectivity index (χ0) is 21.6. The molecule has 0 spiro atoms. The van der Waals surface area contributed by atoms with Gasteiger partial charge in [-0.2, -0.15) is 0 Å². The largest absolute Gasteiger partial charge is 0.497 e. The van der Waals surface area contributed by atoms with Crippen LogP contribution in [0.2, 0.25) is 0 Å². The fraction of sp³-hybridized carbons (Fsp3) is 0.269. The van der Waals surface area contributed by atoms with Gasteiger partial charge in [0, 0.05) is 30.2 Å². The number of amides is 1. The molecule has 1 saturated heterocycles. The van der Waals surface area contributed by atoms with Gasteiger partial charge in [0.2, 0.25) is 0 Å². The molecular formula is C26H29N2O3+. The smallest absolute Gasteiger partial charge is 0.279 e. The van der Waals surface area contributed by atoms with Crippen molar-refractivity contribution in [3.63, 3.8) is 0 Å². The molecule has 0 radical (unpaired) electrons. The van der Waals surface area contributed by atoms with Crippen LogP contribution in [0.5, 0.6) is 11.5 Å². The van der Waals surface area contributed by atoms with E-state index in [-0.39, 0.29) is 11.9 Å². The number of quaternary nitrogens is 1. The van der Waals surface area contributed by atoms with Crippen molar-refractivity contribution < 1.29 is 19.2 Å². The summed E-state index contributed by atoms with van der Waals surface area (Å²) in [4.78, 5) is 14.3. The first-order chi connectivity index (χ1) is 15.2. The van der Waals surface area contributed by atoms with Crippen LogP contribution in [0.1, 0.15) is 24.4 Å². The molecule has 3 aromatic carbocycles. The number of likely N-dealkylation sites (tertiary alicyclic amines) is 1. The Morgan fingerprint density at radius 1 is 1.00 bits per heavy atom. The summed E-state index contributed by atoms with van der Waals surface area (Å²) in [6.45, 7) is 1.39. The quantitative estimate of drug-likeness (QED) is 0.616. The molecule has 0 bridgehead atoms. The molecule has 5 nitrogen and oxygen atoms in total. The summed E-state index contributed by atoms with van der Waals surface area (Å²) in [6, 6.07) is 24.3. The fourth-order valence-electron chi connectivity index (χ4n) is 4.47. The van der Waals surface area contributed by atoms with E-state index in [1.807, 2.05) is 54.6 Å². The molecule has 1 unspecified atom stereocenters. The van der Waals surface area contributed by atoms with Crippen LogP contribution in [0.4, 0.5) is 5.69 Å². The Labute approximate surface area is 183 Å². The fourth-order valence-corrected chi connectivity index (χ4v) is 4.47. The van der Waals surface area contributed by atoms with Gasteiger partial charge in [0.15, 0.2) is 6.54 Å². The maximum Gasteiger partial charge on any atom is 0.279 e. The Morgan fingerprint density at radius 3 is 2.55 bits per heavy atom. The van der Waals surface area contributed by atoms with Crippen molar-refractivity contribution >= 4 is 11.6 Å². The van der Waals surface area contributed by atoms with Crippen molar-refractivity contribution in [3.05, 3.63) is 78.4 Å². The lowest BCUT2D eigenvalue weighted by molar-refractivity contribution is -0.910. The topological polar surface area (TPSA) is 52.0 Å². The zero-order valence-electron chi connectivity index (χ0n) is 18.1. The molecule has 0 aromatic heterocycles. The molecule has 5 heteroatoms. The van der Waals surface area contributed by atoms with E-state index in [9.17, 15) is 4.79 Å². The predicted octanol–water partition coefficient (Wildman–Crippen LogP) is 3.73. The highest BCUT2D eigenvalue weighted by atomic mass is 16.5. The highest BCUT2D eigenvalue weighted by Gasteiger charge is 2.33. The summed E-state index contributed by atoms with van der Waals surface area (Å²) in [7, 11) is 3.33. The number of benzene rings is 3. The van der Waals surface area contributed by atoms with Gasteiger partial charge in [-0.15, -0.1) is 0 Å². The minimum Gasteiger partial charge on any atom is -0.497 e. The highest BCUT2D eigenvalue weighted by Crippen LogP contribution is 2.32. The molecule has 1 aliphatic rings. The second kappa shape index (κ2) is 9.67. The van der Waals surface area contributed by atoms with Crippen LogP contribution < -0.4 is 19.7 Å². The number of anilines is 1. The Bertz CT molecular complexity index is 1040. The van der Waals surface area contributed by atoms with Gasteiger partial charge in [-0.05, 0) is 23.8 Å². The predicted molar refractivity (Wildman–Crippen MR) is 123 cm³/mol. The monoisotopic (exact) mass is 417 g/mol. The van der Waals surface area contributed by atoms with E-state index >= 15 is 0 Å². The first kappa shape index (κ1) is 20.9. The summed E-state index contributed by atoms with van der Waals surface area (Å²) in [6.07, 6.45) is 2.12. The third-order valence-corrected chi connectivity index (χ3v) is 5.97. The van der Waals surface area contributed by atoms with Crippen LogP contribution in [0.15, 0.2) is 72.8 Å². The maximum absolute atomic E-state index is 13.0. The third kappa shape index (κ3) is 4.72. The van der Waals surface area contributed by atoms with Crippen LogP contribution in [-0.4, -0.2) is 33.2 Å². The zero-order valence-corrected chi connectivity index (χ0v) is 18.1. The molecule has 3 aromatic rings. The van der Waals surface area contributed by atoms with Crippen molar-refractivity contribution in [2.75, 3.05) is 32.6 Å². The van der Waals surface area contributed by atoms with Gasteiger partial charge in [0.1, 0.15) is 17.5 Å². The Morgan fingerprint density at radius 2 is 1.77 bits per heavy atom. The number of para-hydroxylation sites is 1. The molecule has 1 heterocycles. The first-order valence-corrected chi connectivity index (χ1v) is 10.7. The molecule has 31 heavy (non-hydrogen) atoms. The van der Waals surface area contributed by atoms with E-state index in [0.717, 1.165) is 53.3 Å². The van der Waals surface area contributed by atoms with Gasteiger partial charge in [0.05, 0.1) is 26.3 Å². The SMILES string of the molecule is COc1ccc([C@@H]2CCC[NH+]2CC(=O)Nc2ccccc2-c2ccccc2)c(OC)c1. The first-order valence-electron chi connectivity index (χ1n) is 10.7. The number of rotatable bonds is 7. The number of hydrogen-bond donors (Lipinski definition) is 2. The minimum absolute atomic E-state index is 0.0257. The molecule has 0 saturated carbocycles. The summed E-state index contributed by atoms with van der Waals surface area (Å²) in [5.41, 5.74) is 4.10. The van der Waals surface area contributed by atoms with Crippen molar-refractivity contribution in [2.24, 2.45) is 0 Å². The number of ether oxygens (including phenoxy) is 2. The van der Waals surface area contributed by atoms with Gasteiger partial charge < -0.3 is 19.7 Å². The van der Waals surface area contributed by atoms with Gasteiger partial charge in [-0.1, -0.05) is 48.5 Å².